The van der Waals surface area contributed by atoms with Gasteiger partial charge in [0.05, 0.1) is 5.56 Å². The molecule has 2 aromatic rings. The van der Waals surface area contributed by atoms with E-state index in [1.807, 2.05) is 63.2 Å². The SMILES string of the molecule is CN(C)C(C)(C)CNC(=O)c1cc(-c2ccccc2)ccc1F. The number of rotatable bonds is 5. The molecule has 0 unspecified atom stereocenters. The summed E-state index contributed by atoms with van der Waals surface area (Å²) in [6.45, 7) is 4.47. The Morgan fingerprint density at radius 2 is 1.74 bits per heavy atom. The molecule has 3 nitrogen and oxygen atoms in total. The Hall–Kier alpha value is -2.20. The van der Waals surface area contributed by atoms with Gasteiger partial charge in [0, 0.05) is 12.1 Å². The van der Waals surface area contributed by atoms with E-state index < -0.39 is 11.7 Å². The van der Waals surface area contributed by atoms with E-state index in [1.165, 1.54) is 6.07 Å². The zero-order chi connectivity index (χ0) is 17.0. The van der Waals surface area contributed by atoms with Crippen LogP contribution in [0.25, 0.3) is 11.1 Å². The molecule has 2 rings (SSSR count). The first-order valence-electron chi connectivity index (χ1n) is 7.62. The maximum Gasteiger partial charge on any atom is 0.254 e. The molecule has 23 heavy (non-hydrogen) atoms. The first-order valence-corrected chi connectivity index (χ1v) is 7.62. The number of carbonyl (C=O) groups is 1. The molecule has 0 saturated heterocycles. The van der Waals surface area contributed by atoms with Crippen LogP contribution in [-0.2, 0) is 0 Å². The van der Waals surface area contributed by atoms with Gasteiger partial charge in [-0.1, -0.05) is 36.4 Å². The molecular formula is C19H23FN2O. The van der Waals surface area contributed by atoms with Gasteiger partial charge in [0.25, 0.3) is 5.91 Å². The zero-order valence-corrected chi connectivity index (χ0v) is 14.1. The van der Waals surface area contributed by atoms with E-state index in [2.05, 4.69) is 5.32 Å². The second-order valence-corrected chi connectivity index (χ2v) is 6.45. The van der Waals surface area contributed by atoms with Crippen molar-refractivity contribution in [1.29, 1.82) is 0 Å². The molecule has 122 valence electrons. The van der Waals surface area contributed by atoms with Gasteiger partial charge in [-0.05, 0) is 51.2 Å². The number of carbonyl (C=O) groups excluding carboxylic acids is 1. The first-order chi connectivity index (χ1) is 10.8. The summed E-state index contributed by atoms with van der Waals surface area (Å²) in [6, 6.07) is 14.2. The summed E-state index contributed by atoms with van der Waals surface area (Å²) in [7, 11) is 3.89. The highest BCUT2D eigenvalue weighted by Crippen LogP contribution is 2.22. The van der Waals surface area contributed by atoms with Crippen molar-refractivity contribution in [3.63, 3.8) is 0 Å². The van der Waals surface area contributed by atoms with Crippen LogP contribution >= 0.6 is 0 Å². The monoisotopic (exact) mass is 314 g/mol. The van der Waals surface area contributed by atoms with Crippen LogP contribution in [0.1, 0.15) is 24.2 Å². The van der Waals surface area contributed by atoms with Gasteiger partial charge < -0.3 is 10.2 Å². The van der Waals surface area contributed by atoms with E-state index in [0.717, 1.165) is 11.1 Å². The van der Waals surface area contributed by atoms with Crippen molar-refractivity contribution < 1.29 is 9.18 Å². The van der Waals surface area contributed by atoms with Crippen LogP contribution in [0.4, 0.5) is 4.39 Å². The molecule has 0 saturated carbocycles. The molecule has 0 radical (unpaired) electrons. The van der Waals surface area contributed by atoms with Crippen molar-refractivity contribution in [2.75, 3.05) is 20.6 Å². The topological polar surface area (TPSA) is 32.3 Å². The van der Waals surface area contributed by atoms with Gasteiger partial charge in [-0.2, -0.15) is 0 Å². The smallest absolute Gasteiger partial charge is 0.254 e. The lowest BCUT2D eigenvalue weighted by molar-refractivity contribution is 0.0915. The maximum absolute atomic E-state index is 14.0. The quantitative estimate of drug-likeness (QED) is 0.915. The van der Waals surface area contributed by atoms with E-state index in [4.69, 9.17) is 0 Å². The zero-order valence-electron chi connectivity index (χ0n) is 14.1. The van der Waals surface area contributed by atoms with Crippen molar-refractivity contribution in [3.05, 3.63) is 59.9 Å². The third kappa shape index (κ3) is 4.17. The lowest BCUT2D eigenvalue weighted by Gasteiger charge is -2.32. The molecule has 0 aliphatic rings. The number of nitrogens with one attached hydrogen (secondary N) is 1. The predicted molar refractivity (Wildman–Crippen MR) is 91.9 cm³/mol. The second kappa shape index (κ2) is 6.92. The van der Waals surface area contributed by atoms with Gasteiger partial charge in [0.15, 0.2) is 0 Å². The first kappa shape index (κ1) is 17.2. The van der Waals surface area contributed by atoms with E-state index >= 15 is 0 Å². The van der Waals surface area contributed by atoms with E-state index in [-0.39, 0.29) is 11.1 Å². The van der Waals surface area contributed by atoms with Gasteiger partial charge in [-0.3, -0.25) is 4.79 Å². The van der Waals surface area contributed by atoms with Crippen LogP contribution in [0.2, 0.25) is 0 Å². The highest BCUT2D eigenvalue weighted by atomic mass is 19.1. The molecule has 0 heterocycles. The Bertz CT molecular complexity index is 681. The Kier molecular flexibility index (Phi) is 5.16. The van der Waals surface area contributed by atoms with Crippen LogP contribution in [0, 0.1) is 5.82 Å². The summed E-state index contributed by atoms with van der Waals surface area (Å²) in [5, 5.41) is 2.82. The van der Waals surface area contributed by atoms with Crippen molar-refractivity contribution in [3.8, 4) is 11.1 Å². The Morgan fingerprint density at radius 1 is 1.09 bits per heavy atom. The summed E-state index contributed by atoms with van der Waals surface area (Å²) in [6.07, 6.45) is 0. The summed E-state index contributed by atoms with van der Waals surface area (Å²) >= 11 is 0. The fourth-order valence-electron chi connectivity index (χ4n) is 2.06. The second-order valence-electron chi connectivity index (χ2n) is 6.45. The number of hydrogen-bond donors (Lipinski definition) is 1. The molecule has 1 N–H and O–H groups in total. The molecule has 0 spiro atoms. The molecule has 0 aliphatic heterocycles. The van der Waals surface area contributed by atoms with Gasteiger partial charge in [0.2, 0.25) is 0 Å². The minimum Gasteiger partial charge on any atom is -0.350 e. The molecule has 2 aromatic carbocycles. The molecule has 0 bridgehead atoms. The standard InChI is InChI=1S/C19H23FN2O/c1-19(2,22(3)4)13-21-18(23)16-12-15(10-11-17(16)20)14-8-6-5-7-9-14/h5-12H,13H2,1-4H3,(H,21,23). The number of hydrogen-bond acceptors (Lipinski definition) is 2. The molecule has 0 aromatic heterocycles. The molecular weight excluding hydrogens is 291 g/mol. The Morgan fingerprint density at radius 3 is 2.35 bits per heavy atom. The van der Waals surface area contributed by atoms with Crippen molar-refractivity contribution >= 4 is 5.91 Å². The summed E-state index contributed by atoms with van der Waals surface area (Å²) in [5.74, 6) is -0.903. The minimum atomic E-state index is -0.509. The van der Waals surface area contributed by atoms with Crippen molar-refractivity contribution in [2.24, 2.45) is 0 Å². The average molecular weight is 314 g/mol. The fraction of sp³-hybridized carbons (Fsp3) is 0.316. The average Bonchev–Trinajstić information content (AvgIpc) is 2.54. The highest BCUT2D eigenvalue weighted by Gasteiger charge is 2.22. The van der Waals surface area contributed by atoms with Crippen LogP contribution in [0.3, 0.4) is 0 Å². The number of likely N-dealkylation sites (N-methyl/N-ethyl adjacent to an activating group) is 1. The van der Waals surface area contributed by atoms with Crippen molar-refractivity contribution in [1.82, 2.24) is 10.2 Å². The third-order valence-corrected chi connectivity index (χ3v) is 4.21. The van der Waals surface area contributed by atoms with Gasteiger partial charge in [-0.15, -0.1) is 0 Å². The van der Waals surface area contributed by atoms with Crippen molar-refractivity contribution in [2.45, 2.75) is 19.4 Å². The highest BCUT2D eigenvalue weighted by molar-refractivity contribution is 5.95. The van der Waals surface area contributed by atoms with Crippen LogP contribution in [0.5, 0.6) is 0 Å². The number of amides is 1. The summed E-state index contributed by atoms with van der Waals surface area (Å²) < 4.78 is 14.0. The molecule has 0 fully saturated rings. The predicted octanol–water partition coefficient (Wildman–Crippen LogP) is 3.56. The van der Waals surface area contributed by atoms with Gasteiger partial charge >= 0.3 is 0 Å². The normalized spacial score (nSPS) is 11.6. The minimum absolute atomic E-state index is 0.0703. The van der Waals surface area contributed by atoms with Crippen LogP contribution < -0.4 is 5.32 Å². The van der Waals surface area contributed by atoms with Crippen LogP contribution in [0.15, 0.2) is 48.5 Å². The van der Waals surface area contributed by atoms with E-state index in [1.54, 1.807) is 12.1 Å². The molecule has 4 heteroatoms. The fourth-order valence-corrected chi connectivity index (χ4v) is 2.06. The lowest BCUT2D eigenvalue weighted by Crippen LogP contribution is -2.48. The number of nitrogens with zero attached hydrogens (tertiary/aromatic N) is 1. The van der Waals surface area contributed by atoms with Crippen LogP contribution in [-0.4, -0.2) is 37.0 Å². The summed E-state index contributed by atoms with van der Waals surface area (Å²) in [4.78, 5) is 14.4. The maximum atomic E-state index is 14.0. The van der Waals surface area contributed by atoms with E-state index in [0.29, 0.717) is 6.54 Å². The lowest BCUT2D eigenvalue weighted by atomic mass is 10.0. The number of halogens is 1. The van der Waals surface area contributed by atoms with E-state index in [9.17, 15) is 9.18 Å². The number of benzene rings is 2. The molecule has 1 amide bonds. The Labute approximate surface area is 137 Å². The van der Waals surface area contributed by atoms with Gasteiger partial charge in [0.1, 0.15) is 5.82 Å². The summed E-state index contributed by atoms with van der Waals surface area (Å²) in [5.41, 5.74) is 1.64. The molecule has 0 aliphatic carbocycles. The Balaban J connectivity index is 2.20. The molecule has 0 atom stereocenters. The largest absolute Gasteiger partial charge is 0.350 e. The third-order valence-electron chi connectivity index (χ3n) is 4.21. The van der Waals surface area contributed by atoms with Gasteiger partial charge in [-0.25, -0.2) is 4.39 Å².